The fourth-order valence-electron chi connectivity index (χ4n) is 1.43. The molecule has 0 saturated carbocycles. The second kappa shape index (κ2) is 5.50. The van der Waals surface area contributed by atoms with E-state index >= 15 is 0 Å². The number of rotatable bonds is 2. The Bertz CT molecular complexity index is 629. The highest BCUT2D eigenvalue weighted by Crippen LogP contribution is 2.16. The Kier molecular flexibility index (Phi) is 3.97. The number of carbonyl (C=O) groups excluding carboxylic acids is 1. The maximum Gasteiger partial charge on any atom is 0.261 e. The van der Waals surface area contributed by atoms with Crippen LogP contribution in [0.25, 0.3) is 0 Å². The maximum absolute atomic E-state index is 13.5. The van der Waals surface area contributed by atoms with E-state index in [9.17, 15) is 9.18 Å². The molecular formula is C12H8Cl2FN3O. The highest BCUT2D eigenvalue weighted by Gasteiger charge is 2.14. The van der Waals surface area contributed by atoms with Crippen LogP contribution < -0.4 is 5.32 Å². The van der Waals surface area contributed by atoms with E-state index in [0.29, 0.717) is 5.69 Å². The average molecular weight is 300 g/mol. The van der Waals surface area contributed by atoms with Crippen LogP contribution in [0.3, 0.4) is 0 Å². The number of anilines is 1. The number of hydrogen-bond donors (Lipinski definition) is 1. The van der Waals surface area contributed by atoms with Crippen molar-refractivity contribution in [3.05, 3.63) is 51.5 Å². The van der Waals surface area contributed by atoms with Gasteiger partial charge in [0.1, 0.15) is 11.0 Å². The van der Waals surface area contributed by atoms with Gasteiger partial charge in [-0.2, -0.15) is 0 Å². The first-order chi connectivity index (χ1) is 8.95. The van der Waals surface area contributed by atoms with Gasteiger partial charge in [0, 0.05) is 10.7 Å². The first kappa shape index (κ1) is 13.7. The minimum atomic E-state index is -0.693. The van der Waals surface area contributed by atoms with Gasteiger partial charge in [-0.05, 0) is 31.2 Å². The Morgan fingerprint density at radius 2 is 2.00 bits per heavy atom. The van der Waals surface area contributed by atoms with Gasteiger partial charge in [-0.3, -0.25) is 10.1 Å². The zero-order chi connectivity index (χ0) is 14.0. The highest BCUT2D eigenvalue weighted by molar-refractivity contribution is 6.31. The zero-order valence-electron chi connectivity index (χ0n) is 9.75. The van der Waals surface area contributed by atoms with Gasteiger partial charge in [0.2, 0.25) is 5.95 Å². The number of aryl methyl sites for hydroxylation is 1. The minimum Gasteiger partial charge on any atom is -0.290 e. The summed E-state index contributed by atoms with van der Waals surface area (Å²) in [5.41, 5.74) is 0.399. The number of aromatic nitrogens is 2. The van der Waals surface area contributed by atoms with Crippen molar-refractivity contribution in [3.63, 3.8) is 0 Å². The quantitative estimate of drug-likeness (QED) is 0.864. The molecule has 0 aliphatic carbocycles. The monoisotopic (exact) mass is 299 g/mol. The van der Waals surface area contributed by atoms with E-state index in [1.807, 2.05) is 0 Å². The molecule has 7 heteroatoms. The molecule has 0 aliphatic rings. The molecule has 1 amide bonds. The Balaban J connectivity index is 2.28. The SMILES string of the molecule is Cc1cc(Cl)nc(NC(=O)c2cc(Cl)ccc2F)n1. The number of hydrogen-bond acceptors (Lipinski definition) is 3. The van der Waals surface area contributed by atoms with E-state index in [4.69, 9.17) is 23.2 Å². The Morgan fingerprint density at radius 1 is 1.26 bits per heavy atom. The Morgan fingerprint density at radius 3 is 2.68 bits per heavy atom. The van der Waals surface area contributed by atoms with Crippen molar-refractivity contribution < 1.29 is 9.18 Å². The van der Waals surface area contributed by atoms with Crippen molar-refractivity contribution in [3.8, 4) is 0 Å². The van der Waals surface area contributed by atoms with Crippen molar-refractivity contribution in [1.29, 1.82) is 0 Å². The third-order valence-electron chi connectivity index (χ3n) is 2.22. The topological polar surface area (TPSA) is 54.9 Å². The molecule has 0 radical (unpaired) electrons. The van der Waals surface area contributed by atoms with Crippen LogP contribution in [0.1, 0.15) is 16.1 Å². The number of benzene rings is 1. The van der Waals surface area contributed by atoms with Crippen molar-refractivity contribution in [2.24, 2.45) is 0 Å². The van der Waals surface area contributed by atoms with Crippen LogP contribution in [-0.4, -0.2) is 15.9 Å². The third-order valence-corrected chi connectivity index (χ3v) is 2.65. The summed E-state index contributed by atoms with van der Waals surface area (Å²) in [5, 5.41) is 2.81. The molecule has 1 aromatic heterocycles. The summed E-state index contributed by atoms with van der Waals surface area (Å²) in [6.45, 7) is 1.70. The molecule has 4 nitrogen and oxygen atoms in total. The van der Waals surface area contributed by atoms with Gasteiger partial charge in [-0.25, -0.2) is 14.4 Å². The first-order valence-electron chi connectivity index (χ1n) is 5.23. The smallest absolute Gasteiger partial charge is 0.261 e. The van der Waals surface area contributed by atoms with Gasteiger partial charge in [-0.1, -0.05) is 23.2 Å². The summed E-state index contributed by atoms with van der Waals surface area (Å²) >= 11 is 11.5. The molecule has 98 valence electrons. The molecule has 1 heterocycles. The van der Waals surface area contributed by atoms with Crippen LogP contribution in [0.15, 0.2) is 24.3 Å². The molecule has 0 bridgehead atoms. The average Bonchev–Trinajstić information content (AvgIpc) is 2.30. The van der Waals surface area contributed by atoms with E-state index in [1.165, 1.54) is 18.2 Å². The molecule has 2 rings (SSSR count). The molecule has 0 unspecified atom stereocenters. The molecule has 1 aromatic carbocycles. The number of nitrogens with zero attached hydrogens (tertiary/aromatic N) is 2. The lowest BCUT2D eigenvalue weighted by atomic mass is 10.2. The van der Waals surface area contributed by atoms with E-state index in [1.54, 1.807) is 6.92 Å². The highest BCUT2D eigenvalue weighted by atomic mass is 35.5. The lowest BCUT2D eigenvalue weighted by Crippen LogP contribution is -2.16. The molecule has 2 aromatic rings. The number of nitrogens with one attached hydrogen (secondary N) is 1. The predicted molar refractivity (Wildman–Crippen MR) is 71.1 cm³/mol. The second-order valence-corrected chi connectivity index (χ2v) is 4.56. The van der Waals surface area contributed by atoms with E-state index < -0.39 is 11.7 Å². The summed E-state index contributed by atoms with van der Waals surface area (Å²) in [6.07, 6.45) is 0. The summed E-state index contributed by atoms with van der Waals surface area (Å²) in [7, 11) is 0. The fourth-order valence-corrected chi connectivity index (χ4v) is 1.84. The lowest BCUT2D eigenvalue weighted by molar-refractivity contribution is 0.102. The van der Waals surface area contributed by atoms with Crippen LogP contribution in [0, 0.1) is 12.7 Å². The van der Waals surface area contributed by atoms with Gasteiger partial charge in [0.15, 0.2) is 0 Å². The zero-order valence-corrected chi connectivity index (χ0v) is 11.3. The normalized spacial score (nSPS) is 10.3. The summed E-state index contributed by atoms with van der Waals surface area (Å²) in [4.78, 5) is 19.7. The van der Waals surface area contributed by atoms with Gasteiger partial charge < -0.3 is 0 Å². The number of amides is 1. The fraction of sp³-hybridized carbons (Fsp3) is 0.0833. The third kappa shape index (κ3) is 3.39. The van der Waals surface area contributed by atoms with Crippen LogP contribution in [-0.2, 0) is 0 Å². The van der Waals surface area contributed by atoms with Crippen molar-refractivity contribution >= 4 is 35.1 Å². The van der Waals surface area contributed by atoms with Crippen LogP contribution in [0.4, 0.5) is 10.3 Å². The summed E-state index contributed by atoms with van der Waals surface area (Å²) in [5.74, 6) is -1.36. The van der Waals surface area contributed by atoms with Gasteiger partial charge in [0.05, 0.1) is 5.56 Å². The van der Waals surface area contributed by atoms with Crippen LogP contribution in [0.2, 0.25) is 10.2 Å². The van der Waals surface area contributed by atoms with Crippen LogP contribution in [0.5, 0.6) is 0 Å². The van der Waals surface area contributed by atoms with Gasteiger partial charge in [0.25, 0.3) is 5.91 Å². The summed E-state index contributed by atoms with van der Waals surface area (Å²) < 4.78 is 13.5. The Labute approximate surface area is 118 Å². The standard InChI is InChI=1S/C12H8Cl2FN3O/c1-6-4-10(14)17-12(16-6)18-11(19)8-5-7(13)2-3-9(8)15/h2-5H,1H3,(H,16,17,18,19). The lowest BCUT2D eigenvalue weighted by Gasteiger charge is -2.06. The molecule has 1 N–H and O–H groups in total. The first-order valence-corrected chi connectivity index (χ1v) is 5.99. The minimum absolute atomic E-state index is 0.00868. The van der Waals surface area contributed by atoms with Crippen molar-refractivity contribution in [2.75, 3.05) is 5.32 Å². The molecule has 0 atom stereocenters. The van der Waals surface area contributed by atoms with Crippen LogP contribution >= 0.6 is 23.2 Å². The number of halogens is 3. The molecule has 0 aliphatic heterocycles. The Hall–Kier alpha value is -1.72. The predicted octanol–water partition coefficient (Wildman–Crippen LogP) is 3.48. The molecule has 0 fully saturated rings. The second-order valence-electron chi connectivity index (χ2n) is 3.73. The molecule has 0 spiro atoms. The molecule has 19 heavy (non-hydrogen) atoms. The molecular weight excluding hydrogens is 292 g/mol. The van der Waals surface area contributed by atoms with Gasteiger partial charge >= 0.3 is 0 Å². The van der Waals surface area contributed by atoms with Gasteiger partial charge in [-0.15, -0.1) is 0 Å². The van der Waals surface area contributed by atoms with E-state index in [0.717, 1.165) is 6.07 Å². The number of carbonyl (C=O) groups is 1. The summed E-state index contributed by atoms with van der Waals surface area (Å²) in [6, 6.07) is 5.23. The maximum atomic E-state index is 13.5. The largest absolute Gasteiger partial charge is 0.290 e. The van der Waals surface area contributed by atoms with Crippen molar-refractivity contribution in [2.45, 2.75) is 6.92 Å². The van der Waals surface area contributed by atoms with E-state index in [2.05, 4.69) is 15.3 Å². The van der Waals surface area contributed by atoms with Crippen molar-refractivity contribution in [1.82, 2.24) is 9.97 Å². The molecule has 0 saturated heterocycles. The van der Waals surface area contributed by atoms with E-state index in [-0.39, 0.29) is 21.7 Å².